The highest BCUT2D eigenvalue weighted by Crippen LogP contribution is 2.34. The van der Waals surface area contributed by atoms with Gasteiger partial charge in [-0.05, 0) is 30.2 Å². The van der Waals surface area contributed by atoms with Crippen LogP contribution in [0.1, 0.15) is 18.9 Å². The van der Waals surface area contributed by atoms with Crippen molar-refractivity contribution < 1.29 is 0 Å². The fourth-order valence-corrected chi connectivity index (χ4v) is 2.46. The van der Waals surface area contributed by atoms with E-state index < -0.39 is 0 Å². The van der Waals surface area contributed by atoms with Gasteiger partial charge in [0.1, 0.15) is 0 Å². The minimum Gasteiger partial charge on any atom is -0.337 e. The molecule has 0 unspecified atom stereocenters. The van der Waals surface area contributed by atoms with Gasteiger partial charge < -0.3 is 4.90 Å². The van der Waals surface area contributed by atoms with Crippen LogP contribution in [0.15, 0.2) is 60.2 Å². The van der Waals surface area contributed by atoms with E-state index in [1.165, 1.54) is 22.5 Å². The van der Waals surface area contributed by atoms with E-state index in [9.17, 15) is 0 Å². The molecule has 1 heteroatoms. The van der Waals surface area contributed by atoms with Crippen LogP contribution in [0.4, 0.5) is 11.4 Å². The summed E-state index contributed by atoms with van der Waals surface area (Å²) in [6.07, 6.45) is 3.44. The molecule has 0 saturated heterocycles. The highest BCUT2D eigenvalue weighted by molar-refractivity contribution is 5.79. The van der Waals surface area contributed by atoms with Crippen molar-refractivity contribution in [2.24, 2.45) is 0 Å². The van der Waals surface area contributed by atoms with Gasteiger partial charge in [-0.2, -0.15) is 0 Å². The summed E-state index contributed by atoms with van der Waals surface area (Å²) in [4.78, 5) is 2.40. The monoisotopic (exact) mass is 235 g/mol. The first kappa shape index (κ1) is 11.1. The molecule has 90 valence electrons. The second-order valence-electron chi connectivity index (χ2n) is 4.64. The maximum Gasteiger partial charge on any atom is 0.0487 e. The molecule has 0 fully saturated rings. The van der Waals surface area contributed by atoms with Gasteiger partial charge in [-0.1, -0.05) is 55.0 Å². The SMILES string of the molecule is CCC1=Cc2ccccc2N(c2ccccc2)C1. The third-order valence-corrected chi connectivity index (χ3v) is 3.47. The molecule has 0 aliphatic carbocycles. The number of anilines is 2. The highest BCUT2D eigenvalue weighted by atomic mass is 15.1. The summed E-state index contributed by atoms with van der Waals surface area (Å²) >= 11 is 0. The van der Waals surface area contributed by atoms with Crippen LogP contribution in [-0.4, -0.2) is 6.54 Å². The molecule has 2 aromatic rings. The van der Waals surface area contributed by atoms with E-state index >= 15 is 0 Å². The second-order valence-corrected chi connectivity index (χ2v) is 4.64. The van der Waals surface area contributed by atoms with E-state index in [2.05, 4.69) is 72.5 Å². The molecular formula is C17H17N. The Kier molecular flexibility index (Phi) is 2.89. The van der Waals surface area contributed by atoms with Gasteiger partial charge in [0.15, 0.2) is 0 Å². The molecule has 3 rings (SSSR count). The summed E-state index contributed by atoms with van der Waals surface area (Å²) < 4.78 is 0. The van der Waals surface area contributed by atoms with Gasteiger partial charge >= 0.3 is 0 Å². The standard InChI is InChI=1S/C17H17N/c1-2-14-12-15-8-6-7-11-17(15)18(13-14)16-9-4-3-5-10-16/h3-12H,2,13H2,1H3. The lowest BCUT2D eigenvalue weighted by Crippen LogP contribution is -2.23. The first-order valence-electron chi connectivity index (χ1n) is 6.49. The number of benzene rings is 2. The Labute approximate surface area is 108 Å². The van der Waals surface area contributed by atoms with Crippen LogP contribution in [-0.2, 0) is 0 Å². The third-order valence-electron chi connectivity index (χ3n) is 3.47. The number of para-hydroxylation sites is 2. The number of fused-ring (bicyclic) bond motifs is 1. The van der Waals surface area contributed by atoms with Crippen LogP contribution < -0.4 is 4.90 Å². The average molecular weight is 235 g/mol. The fraction of sp³-hybridized carbons (Fsp3) is 0.176. The van der Waals surface area contributed by atoms with E-state index in [-0.39, 0.29) is 0 Å². The predicted molar refractivity (Wildman–Crippen MR) is 78.2 cm³/mol. The molecule has 1 heterocycles. The highest BCUT2D eigenvalue weighted by Gasteiger charge is 2.17. The van der Waals surface area contributed by atoms with Gasteiger partial charge in [0.25, 0.3) is 0 Å². The Hall–Kier alpha value is -2.02. The number of hydrogen-bond donors (Lipinski definition) is 0. The molecule has 0 N–H and O–H groups in total. The first-order chi connectivity index (χ1) is 8.88. The molecule has 0 aromatic heterocycles. The molecule has 0 saturated carbocycles. The van der Waals surface area contributed by atoms with Crippen molar-refractivity contribution in [3.63, 3.8) is 0 Å². The van der Waals surface area contributed by atoms with E-state index in [0.29, 0.717) is 0 Å². The lowest BCUT2D eigenvalue weighted by molar-refractivity contribution is 0.956. The zero-order chi connectivity index (χ0) is 12.4. The molecule has 0 radical (unpaired) electrons. The summed E-state index contributed by atoms with van der Waals surface area (Å²) in [6.45, 7) is 3.22. The number of hydrogen-bond acceptors (Lipinski definition) is 1. The van der Waals surface area contributed by atoms with Crippen molar-refractivity contribution in [1.82, 2.24) is 0 Å². The number of rotatable bonds is 2. The van der Waals surface area contributed by atoms with Crippen LogP contribution in [0.25, 0.3) is 6.08 Å². The lowest BCUT2D eigenvalue weighted by atomic mass is 10.0. The first-order valence-corrected chi connectivity index (χ1v) is 6.49. The molecule has 0 atom stereocenters. The predicted octanol–water partition coefficient (Wildman–Crippen LogP) is 4.63. The molecular weight excluding hydrogens is 218 g/mol. The average Bonchev–Trinajstić information content (AvgIpc) is 2.47. The minimum absolute atomic E-state index is 0.998. The Morgan fingerprint density at radius 2 is 1.67 bits per heavy atom. The van der Waals surface area contributed by atoms with E-state index in [0.717, 1.165) is 13.0 Å². The van der Waals surface area contributed by atoms with Crippen molar-refractivity contribution in [3.05, 3.63) is 65.7 Å². The zero-order valence-corrected chi connectivity index (χ0v) is 10.6. The fourth-order valence-electron chi connectivity index (χ4n) is 2.46. The minimum atomic E-state index is 0.998. The molecule has 1 aliphatic heterocycles. The summed E-state index contributed by atoms with van der Waals surface area (Å²) in [7, 11) is 0. The van der Waals surface area contributed by atoms with Crippen molar-refractivity contribution in [2.45, 2.75) is 13.3 Å². The van der Waals surface area contributed by atoms with E-state index in [1.54, 1.807) is 0 Å². The molecule has 2 aromatic carbocycles. The van der Waals surface area contributed by atoms with Gasteiger partial charge in [0, 0.05) is 17.9 Å². The van der Waals surface area contributed by atoms with Gasteiger partial charge in [-0.25, -0.2) is 0 Å². The van der Waals surface area contributed by atoms with Gasteiger partial charge in [0.05, 0.1) is 0 Å². The van der Waals surface area contributed by atoms with E-state index in [1.807, 2.05) is 0 Å². The quantitative estimate of drug-likeness (QED) is 0.733. The smallest absolute Gasteiger partial charge is 0.0487 e. The molecule has 0 amide bonds. The van der Waals surface area contributed by atoms with Crippen molar-refractivity contribution in [3.8, 4) is 0 Å². The maximum atomic E-state index is 2.40. The normalized spacial score (nSPS) is 14.1. The van der Waals surface area contributed by atoms with Crippen LogP contribution in [0.5, 0.6) is 0 Å². The van der Waals surface area contributed by atoms with Crippen LogP contribution in [0, 0.1) is 0 Å². The third kappa shape index (κ3) is 1.92. The Balaban J connectivity index is 2.09. The summed E-state index contributed by atoms with van der Waals surface area (Å²) in [5.74, 6) is 0. The van der Waals surface area contributed by atoms with Crippen molar-refractivity contribution in [1.29, 1.82) is 0 Å². The van der Waals surface area contributed by atoms with Crippen molar-refractivity contribution >= 4 is 17.5 Å². The van der Waals surface area contributed by atoms with Gasteiger partial charge in [-0.15, -0.1) is 0 Å². The number of nitrogens with zero attached hydrogens (tertiary/aromatic N) is 1. The Morgan fingerprint density at radius 3 is 2.44 bits per heavy atom. The largest absolute Gasteiger partial charge is 0.337 e. The second kappa shape index (κ2) is 4.69. The summed E-state index contributed by atoms with van der Waals surface area (Å²) in [5.41, 5.74) is 5.38. The lowest BCUT2D eigenvalue weighted by Gasteiger charge is -2.31. The Morgan fingerprint density at radius 1 is 0.944 bits per heavy atom. The van der Waals surface area contributed by atoms with Gasteiger partial charge in [-0.3, -0.25) is 0 Å². The molecule has 0 spiro atoms. The molecule has 1 aliphatic rings. The van der Waals surface area contributed by atoms with Crippen LogP contribution in [0.2, 0.25) is 0 Å². The molecule has 0 bridgehead atoms. The van der Waals surface area contributed by atoms with Crippen LogP contribution >= 0.6 is 0 Å². The Bertz CT molecular complexity index is 569. The zero-order valence-electron chi connectivity index (χ0n) is 10.6. The summed E-state index contributed by atoms with van der Waals surface area (Å²) in [5, 5.41) is 0. The van der Waals surface area contributed by atoms with Crippen molar-refractivity contribution in [2.75, 3.05) is 11.4 Å². The van der Waals surface area contributed by atoms with E-state index in [4.69, 9.17) is 0 Å². The molecule has 1 nitrogen and oxygen atoms in total. The van der Waals surface area contributed by atoms with Gasteiger partial charge in [0.2, 0.25) is 0 Å². The van der Waals surface area contributed by atoms with Crippen LogP contribution in [0.3, 0.4) is 0 Å². The maximum absolute atomic E-state index is 2.40. The summed E-state index contributed by atoms with van der Waals surface area (Å²) in [6, 6.07) is 19.2. The molecule has 18 heavy (non-hydrogen) atoms. The topological polar surface area (TPSA) is 3.24 Å².